The van der Waals surface area contributed by atoms with Gasteiger partial charge in [0.05, 0.1) is 18.4 Å². The highest BCUT2D eigenvalue weighted by molar-refractivity contribution is 7.93. The molecule has 120 valence electrons. The molecule has 1 aromatic carbocycles. The summed E-state index contributed by atoms with van der Waals surface area (Å²) in [6, 6.07) is 6.84. The van der Waals surface area contributed by atoms with E-state index in [-0.39, 0.29) is 21.0 Å². The van der Waals surface area contributed by atoms with Gasteiger partial charge in [-0.1, -0.05) is 12.1 Å². The number of esters is 1. The third-order valence-corrected chi connectivity index (χ3v) is 5.95. The van der Waals surface area contributed by atoms with Crippen LogP contribution in [0.4, 0.5) is 5.69 Å². The first-order chi connectivity index (χ1) is 10.8. The predicted molar refractivity (Wildman–Crippen MR) is 87.1 cm³/mol. The minimum absolute atomic E-state index is 0.00339. The van der Waals surface area contributed by atoms with Gasteiger partial charge in [-0.25, -0.2) is 13.2 Å². The van der Waals surface area contributed by atoms with Crippen molar-refractivity contribution < 1.29 is 17.9 Å². The number of methoxy groups -OCH3 is 1. The third-order valence-electron chi connectivity index (χ3n) is 3.19. The minimum atomic E-state index is -4.03. The summed E-state index contributed by atoms with van der Waals surface area (Å²) in [7, 11) is -2.84. The first-order valence-corrected chi connectivity index (χ1v) is 8.87. The quantitative estimate of drug-likeness (QED) is 0.855. The molecule has 0 saturated heterocycles. The van der Waals surface area contributed by atoms with Crippen molar-refractivity contribution in [1.82, 2.24) is 0 Å². The smallest absolute Gasteiger partial charge is 0.349 e. The van der Waals surface area contributed by atoms with E-state index in [2.05, 4.69) is 9.46 Å². The van der Waals surface area contributed by atoms with Gasteiger partial charge in [-0.2, -0.15) is 5.26 Å². The van der Waals surface area contributed by atoms with Crippen molar-refractivity contribution in [1.29, 1.82) is 5.26 Å². The summed E-state index contributed by atoms with van der Waals surface area (Å²) >= 11 is 1.00. The SMILES string of the molecule is COC(=O)c1scc(C)c1S(=O)(=O)Nc1cccc(C)c1C#N. The van der Waals surface area contributed by atoms with Gasteiger partial charge in [0, 0.05) is 0 Å². The number of ether oxygens (including phenoxy) is 1. The molecular weight excluding hydrogens is 336 g/mol. The maximum atomic E-state index is 12.7. The molecular formula is C15H14N2O4S2. The number of hydrogen-bond acceptors (Lipinski definition) is 6. The summed E-state index contributed by atoms with van der Waals surface area (Å²) in [5.74, 6) is -0.715. The lowest BCUT2D eigenvalue weighted by Crippen LogP contribution is -2.17. The molecule has 0 saturated carbocycles. The Labute approximate surface area is 138 Å². The normalized spacial score (nSPS) is 10.9. The summed E-state index contributed by atoms with van der Waals surface area (Å²) in [6.07, 6.45) is 0. The summed E-state index contributed by atoms with van der Waals surface area (Å²) < 4.78 is 32.4. The second-order valence-electron chi connectivity index (χ2n) is 4.78. The van der Waals surface area contributed by atoms with E-state index >= 15 is 0 Å². The molecule has 0 spiro atoms. The van der Waals surface area contributed by atoms with Crippen LogP contribution in [0.3, 0.4) is 0 Å². The summed E-state index contributed by atoms with van der Waals surface area (Å²) in [5, 5.41) is 10.8. The molecule has 23 heavy (non-hydrogen) atoms. The summed E-state index contributed by atoms with van der Waals surface area (Å²) in [6.45, 7) is 3.31. The van der Waals surface area contributed by atoms with E-state index < -0.39 is 16.0 Å². The second kappa shape index (κ2) is 6.40. The molecule has 8 heteroatoms. The number of nitrogens with zero attached hydrogens (tertiary/aromatic N) is 1. The van der Waals surface area contributed by atoms with Gasteiger partial charge in [-0.05, 0) is 36.4 Å². The molecule has 0 unspecified atom stereocenters. The molecule has 0 aliphatic heterocycles. The van der Waals surface area contributed by atoms with Crippen LogP contribution < -0.4 is 4.72 Å². The van der Waals surface area contributed by atoms with Gasteiger partial charge in [-0.3, -0.25) is 4.72 Å². The Bertz CT molecular complexity index is 908. The van der Waals surface area contributed by atoms with Gasteiger partial charge < -0.3 is 4.74 Å². The van der Waals surface area contributed by atoms with Gasteiger partial charge in [0.1, 0.15) is 15.8 Å². The number of rotatable bonds is 4. The lowest BCUT2D eigenvalue weighted by atomic mass is 10.1. The largest absolute Gasteiger partial charge is 0.465 e. The Morgan fingerprint density at radius 1 is 1.30 bits per heavy atom. The Balaban J connectivity index is 2.54. The first kappa shape index (κ1) is 17.0. The summed E-state index contributed by atoms with van der Waals surface area (Å²) in [4.78, 5) is 11.6. The highest BCUT2D eigenvalue weighted by atomic mass is 32.2. The third kappa shape index (κ3) is 3.21. The van der Waals surface area contributed by atoms with E-state index in [0.717, 1.165) is 11.3 Å². The predicted octanol–water partition coefficient (Wildman–Crippen LogP) is 2.82. The number of nitrogens with one attached hydrogen (secondary N) is 1. The van der Waals surface area contributed by atoms with Crippen LogP contribution in [0.5, 0.6) is 0 Å². The lowest BCUT2D eigenvalue weighted by Gasteiger charge is -2.12. The topological polar surface area (TPSA) is 96.3 Å². The van der Waals surface area contributed by atoms with Crippen LogP contribution in [-0.2, 0) is 14.8 Å². The van der Waals surface area contributed by atoms with Crippen LogP contribution in [-0.4, -0.2) is 21.5 Å². The molecule has 1 aromatic heterocycles. The monoisotopic (exact) mass is 350 g/mol. The van der Waals surface area contributed by atoms with Crippen molar-refractivity contribution in [2.75, 3.05) is 11.8 Å². The van der Waals surface area contributed by atoms with Gasteiger partial charge in [0.25, 0.3) is 10.0 Å². The molecule has 1 N–H and O–H groups in total. The number of carbonyl (C=O) groups excluding carboxylic acids is 1. The Morgan fingerprint density at radius 3 is 2.61 bits per heavy atom. The average Bonchev–Trinajstić information content (AvgIpc) is 2.89. The van der Waals surface area contributed by atoms with Crippen LogP contribution in [0.15, 0.2) is 28.5 Å². The van der Waals surface area contributed by atoms with Crippen LogP contribution in [0.1, 0.15) is 26.4 Å². The summed E-state index contributed by atoms with van der Waals surface area (Å²) in [5.41, 5.74) is 1.51. The molecule has 0 atom stereocenters. The molecule has 1 heterocycles. The molecule has 2 aromatic rings. The Morgan fingerprint density at radius 2 is 2.00 bits per heavy atom. The van der Waals surface area contributed by atoms with Crippen molar-refractivity contribution in [3.63, 3.8) is 0 Å². The lowest BCUT2D eigenvalue weighted by molar-refractivity contribution is 0.0602. The standard InChI is InChI=1S/C15H14N2O4S2/c1-9-5-4-6-12(11(9)7-16)17-23(19,20)14-10(2)8-22-13(14)15(18)21-3/h4-6,8,17H,1-3H3. The van der Waals surface area contributed by atoms with Crippen molar-refractivity contribution in [3.05, 3.63) is 45.1 Å². The maximum Gasteiger partial charge on any atom is 0.349 e. The molecule has 2 rings (SSSR count). The van der Waals surface area contributed by atoms with Crippen LogP contribution in [0.2, 0.25) is 0 Å². The maximum absolute atomic E-state index is 12.7. The zero-order chi connectivity index (χ0) is 17.2. The number of sulfonamides is 1. The molecule has 0 aliphatic rings. The molecule has 0 aliphatic carbocycles. The van der Waals surface area contributed by atoms with Gasteiger partial charge in [-0.15, -0.1) is 11.3 Å². The fourth-order valence-electron chi connectivity index (χ4n) is 2.10. The number of carbonyl (C=O) groups is 1. The molecule has 6 nitrogen and oxygen atoms in total. The number of anilines is 1. The minimum Gasteiger partial charge on any atom is -0.465 e. The van der Waals surface area contributed by atoms with Crippen LogP contribution in [0, 0.1) is 25.2 Å². The second-order valence-corrected chi connectivity index (χ2v) is 7.28. The van der Waals surface area contributed by atoms with E-state index in [9.17, 15) is 18.5 Å². The van der Waals surface area contributed by atoms with E-state index in [1.807, 2.05) is 6.07 Å². The molecule has 0 fully saturated rings. The van der Waals surface area contributed by atoms with E-state index in [0.29, 0.717) is 11.1 Å². The van der Waals surface area contributed by atoms with E-state index in [1.165, 1.54) is 13.2 Å². The Hall–Kier alpha value is -2.37. The molecule has 0 bridgehead atoms. The van der Waals surface area contributed by atoms with Crippen molar-refractivity contribution in [3.8, 4) is 6.07 Å². The van der Waals surface area contributed by atoms with Crippen molar-refractivity contribution in [2.45, 2.75) is 18.7 Å². The van der Waals surface area contributed by atoms with E-state index in [1.54, 1.807) is 31.4 Å². The van der Waals surface area contributed by atoms with Crippen molar-refractivity contribution >= 4 is 33.0 Å². The fourth-order valence-corrected chi connectivity index (χ4v) is 4.88. The average molecular weight is 350 g/mol. The Kier molecular flexibility index (Phi) is 4.73. The van der Waals surface area contributed by atoms with Crippen molar-refractivity contribution in [2.24, 2.45) is 0 Å². The van der Waals surface area contributed by atoms with E-state index in [4.69, 9.17) is 0 Å². The number of hydrogen-bond donors (Lipinski definition) is 1. The fraction of sp³-hybridized carbons (Fsp3) is 0.200. The van der Waals surface area contributed by atoms with Gasteiger partial charge >= 0.3 is 5.97 Å². The van der Waals surface area contributed by atoms with Crippen LogP contribution in [0.25, 0.3) is 0 Å². The van der Waals surface area contributed by atoms with Gasteiger partial charge in [0.2, 0.25) is 0 Å². The first-order valence-electron chi connectivity index (χ1n) is 6.50. The number of nitriles is 1. The van der Waals surface area contributed by atoms with Crippen LogP contribution >= 0.6 is 11.3 Å². The van der Waals surface area contributed by atoms with Gasteiger partial charge in [0.15, 0.2) is 0 Å². The number of benzene rings is 1. The molecule has 0 amide bonds. The zero-order valence-electron chi connectivity index (χ0n) is 12.7. The number of thiophene rings is 1. The highest BCUT2D eigenvalue weighted by Crippen LogP contribution is 2.30. The number of aryl methyl sites for hydroxylation is 2. The zero-order valence-corrected chi connectivity index (χ0v) is 14.3. The highest BCUT2D eigenvalue weighted by Gasteiger charge is 2.28. The molecule has 0 radical (unpaired) electrons.